The molecule has 0 aliphatic rings. The summed E-state index contributed by atoms with van der Waals surface area (Å²) in [5, 5.41) is 12.2. The van der Waals surface area contributed by atoms with Crippen LogP contribution in [-0.2, 0) is 24.7 Å². The quantitative estimate of drug-likeness (QED) is 0.279. The van der Waals surface area contributed by atoms with Crippen LogP contribution in [0.25, 0.3) is 16.9 Å². The first-order valence-corrected chi connectivity index (χ1v) is 12.1. The minimum Gasteiger partial charge on any atom is -0.324 e. The fourth-order valence-corrected chi connectivity index (χ4v) is 4.23. The summed E-state index contributed by atoms with van der Waals surface area (Å²) in [4.78, 5) is 25.6. The zero-order valence-electron chi connectivity index (χ0n) is 20.1. The molecule has 0 radical (unpaired) electrons. The fourth-order valence-electron chi connectivity index (χ4n) is 4.04. The number of carbonyl (C=O) groups is 2. The van der Waals surface area contributed by atoms with Gasteiger partial charge in [-0.05, 0) is 35.9 Å². The molecule has 2 aromatic heterocycles. The highest BCUT2D eigenvalue weighted by molar-refractivity contribution is 6.33. The number of benzene rings is 3. The van der Waals surface area contributed by atoms with Crippen LogP contribution in [0.3, 0.4) is 0 Å². The van der Waals surface area contributed by atoms with E-state index in [0.717, 1.165) is 28.2 Å². The molecule has 0 atom stereocenters. The Morgan fingerprint density at radius 3 is 2.51 bits per heavy atom. The molecule has 1 amide bonds. The van der Waals surface area contributed by atoms with Gasteiger partial charge in [-0.3, -0.25) is 14.3 Å². The van der Waals surface area contributed by atoms with E-state index in [-0.39, 0.29) is 24.5 Å². The van der Waals surface area contributed by atoms with Crippen LogP contribution in [0.4, 0.5) is 5.69 Å². The molecule has 3 aromatic carbocycles. The van der Waals surface area contributed by atoms with Crippen LogP contribution in [0, 0.1) is 0 Å². The maximum atomic E-state index is 13.1. The summed E-state index contributed by atoms with van der Waals surface area (Å²) >= 11 is 6.12. The minimum atomic E-state index is -0.192. The number of amides is 1. The second-order valence-corrected chi connectivity index (χ2v) is 9.07. The average molecular weight is 510 g/mol. The number of carbonyl (C=O) groups excluding carboxylic acids is 2. The standard InChI is InChI=1S/C29H24ClN5O2/c1-34-24(16-27(33-34)21-8-3-2-4-9-21)17-28(36)22-10-7-11-23(15-22)35-19-20(18-31-35)14-29(37)32-26-13-6-5-12-25(26)30/h2-13,15-16,18-19H,14,17H2,1H3,(H,32,37). The molecule has 0 saturated heterocycles. The maximum absolute atomic E-state index is 13.1. The molecule has 2 heterocycles. The van der Waals surface area contributed by atoms with Gasteiger partial charge in [-0.2, -0.15) is 10.2 Å². The smallest absolute Gasteiger partial charge is 0.228 e. The third-order valence-electron chi connectivity index (χ3n) is 5.97. The normalized spacial score (nSPS) is 10.9. The minimum absolute atomic E-state index is 0.0176. The predicted molar refractivity (Wildman–Crippen MR) is 144 cm³/mol. The Balaban J connectivity index is 1.27. The van der Waals surface area contributed by atoms with Crippen LogP contribution in [-0.4, -0.2) is 31.3 Å². The summed E-state index contributed by atoms with van der Waals surface area (Å²) in [6, 6.07) is 26.2. The Morgan fingerprint density at radius 2 is 1.70 bits per heavy atom. The molecular formula is C29H24ClN5O2. The Kier molecular flexibility index (Phi) is 6.96. The molecule has 0 saturated carbocycles. The number of ketones is 1. The van der Waals surface area contributed by atoms with Crippen molar-refractivity contribution in [1.29, 1.82) is 0 Å². The SMILES string of the molecule is Cn1nc(-c2ccccc2)cc1CC(=O)c1cccc(-n2cc(CC(=O)Nc3ccccc3Cl)cn2)c1. The van der Waals surface area contributed by atoms with E-state index in [2.05, 4.69) is 15.5 Å². The van der Waals surface area contributed by atoms with Gasteiger partial charge < -0.3 is 5.32 Å². The highest BCUT2D eigenvalue weighted by Gasteiger charge is 2.14. The Hall–Kier alpha value is -4.49. The summed E-state index contributed by atoms with van der Waals surface area (Å²) in [6.07, 6.45) is 3.80. The zero-order chi connectivity index (χ0) is 25.8. The van der Waals surface area contributed by atoms with Crippen LogP contribution in [0.15, 0.2) is 97.3 Å². The van der Waals surface area contributed by atoms with Crippen molar-refractivity contribution in [3.63, 3.8) is 0 Å². The molecule has 37 heavy (non-hydrogen) atoms. The van der Waals surface area contributed by atoms with Crippen molar-refractivity contribution in [2.45, 2.75) is 12.8 Å². The van der Waals surface area contributed by atoms with Crippen molar-refractivity contribution in [3.05, 3.63) is 119 Å². The van der Waals surface area contributed by atoms with Gasteiger partial charge in [0.15, 0.2) is 5.78 Å². The monoisotopic (exact) mass is 509 g/mol. The number of aromatic nitrogens is 4. The van der Waals surface area contributed by atoms with Gasteiger partial charge in [-0.25, -0.2) is 4.68 Å². The van der Waals surface area contributed by atoms with Crippen LogP contribution >= 0.6 is 11.6 Å². The highest BCUT2D eigenvalue weighted by atomic mass is 35.5. The van der Waals surface area contributed by atoms with Crippen LogP contribution in [0.1, 0.15) is 21.6 Å². The number of halogens is 1. The van der Waals surface area contributed by atoms with E-state index in [1.807, 2.05) is 61.6 Å². The molecule has 0 unspecified atom stereocenters. The van der Waals surface area contributed by atoms with E-state index in [1.54, 1.807) is 52.1 Å². The highest BCUT2D eigenvalue weighted by Crippen LogP contribution is 2.22. The van der Waals surface area contributed by atoms with Crippen molar-refractivity contribution < 1.29 is 9.59 Å². The molecule has 0 aliphatic heterocycles. The Morgan fingerprint density at radius 1 is 0.919 bits per heavy atom. The van der Waals surface area contributed by atoms with Crippen molar-refractivity contribution in [2.24, 2.45) is 7.05 Å². The van der Waals surface area contributed by atoms with E-state index < -0.39 is 0 Å². The predicted octanol–water partition coefficient (Wildman–Crippen LogP) is 5.53. The molecule has 8 heteroatoms. The maximum Gasteiger partial charge on any atom is 0.228 e. The number of aryl methyl sites for hydroxylation is 1. The number of hydrogen-bond donors (Lipinski definition) is 1. The Bertz CT molecular complexity index is 1570. The molecular weight excluding hydrogens is 486 g/mol. The number of rotatable bonds is 8. The largest absolute Gasteiger partial charge is 0.324 e. The molecule has 0 aliphatic carbocycles. The zero-order valence-corrected chi connectivity index (χ0v) is 20.9. The van der Waals surface area contributed by atoms with E-state index in [4.69, 9.17) is 11.6 Å². The number of nitrogens with one attached hydrogen (secondary N) is 1. The first-order chi connectivity index (χ1) is 18.0. The molecule has 7 nitrogen and oxygen atoms in total. The molecule has 5 aromatic rings. The molecule has 184 valence electrons. The number of nitrogens with zero attached hydrogens (tertiary/aromatic N) is 4. The van der Waals surface area contributed by atoms with Gasteiger partial charge in [-0.1, -0.05) is 66.2 Å². The number of anilines is 1. The van der Waals surface area contributed by atoms with Gasteiger partial charge >= 0.3 is 0 Å². The molecule has 1 N–H and O–H groups in total. The van der Waals surface area contributed by atoms with E-state index >= 15 is 0 Å². The van der Waals surface area contributed by atoms with E-state index in [0.29, 0.717) is 16.3 Å². The van der Waals surface area contributed by atoms with Gasteiger partial charge in [0, 0.05) is 30.1 Å². The first kappa shape index (κ1) is 24.2. The van der Waals surface area contributed by atoms with Gasteiger partial charge in [-0.15, -0.1) is 0 Å². The lowest BCUT2D eigenvalue weighted by Gasteiger charge is -2.06. The van der Waals surface area contributed by atoms with Crippen LogP contribution in [0.5, 0.6) is 0 Å². The van der Waals surface area contributed by atoms with Crippen molar-refractivity contribution in [1.82, 2.24) is 19.6 Å². The molecule has 0 spiro atoms. The first-order valence-electron chi connectivity index (χ1n) is 11.8. The number of para-hydroxylation sites is 1. The number of hydrogen-bond acceptors (Lipinski definition) is 4. The third kappa shape index (κ3) is 5.68. The Labute approximate surface area is 219 Å². The second-order valence-electron chi connectivity index (χ2n) is 8.66. The summed E-state index contributed by atoms with van der Waals surface area (Å²) in [6.45, 7) is 0. The topological polar surface area (TPSA) is 81.8 Å². The van der Waals surface area contributed by atoms with E-state index in [9.17, 15) is 9.59 Å². The molecule has 0 fully saturated rings. The third-order valence-corrected chi connectivity index (χ3v) is 6.30. The lowest BCUT2D eigenvalue weighted by atomic mass is 10.0. The van der Waals surface area contributed by atoms with E-state index in [1.165, 1.54) is 0 Å². The molecule has 0 bridgehead atoms. The summed E-state index contributed by atoms with van der Waals surface area (Å²) < 4.78 is 3.41. The van der Waals surface area contributed by atoms with Gasteiger partial charge in [0.05, 0.1) is 41.1 Å². The fraction of sp³-hybridized carbons (Fsp3) is 0.103. The summed E-state index contributed by atoms with van der Waals surface area (Å²) in [7, 11) is 1.85. The lowest BCUT2D eigenvalue weighted by Crippen LogP contribution is -2.14. The van der Waals surface area contributed by atoms with Gasteiger partial charge in [0.1, 0.15) is 0 Å². The molecule has 5 rings (SSSR count). The van der Waals surface area contributed by atoms with Gasteiger partial charge in [0.2, 0.25) is 5.91 Å². The van der Waals surface area contributed by atoms with Crippen LogP contribution in [0.2, 0.25) is 5.02 Å². The summed E-state index contributed by atoms with van der Waals surface area (Å²) in [5.74, 6) is -0.210. The van der Waals surface area contributed by atoms with Gasteiger partial charge in [0.25, 0.3) is 0 Å². The van der Waals surface area contributed by atoms with Crippen molar-refractivity contribution in [2.75, 3.05) is 5.32 Å². The second kappa shape index (κ2) is 10.6. The average Bonchev–Trinajstić information content (AvgIpc) is 3.52. The van der Waals surface area contributed by atoms with Crippen molar-refractivity contribution in [3.8, 4) is 16.9 Å². The van der Waals surface area contributed by atoms with Crippen LogP contribution < -0.4 is 5.32 Å². The number of Topliss-reactive ketones (excluding diaryl/α,β-unsaturated/α-hetero) is 1. The van der Waals surface area contributed by atoms with Crippen molar-refractivity contribution >= 4 is 29.0 Å². The lowest BCUT2D eigenvalue weighted by molar-refractivity contribution is -0.115. The summed E-state index contributed by atoms with van der Waals surface area (Å²) in [5.41, 5.74) is 5.30.